The van der Waals surface area contributed by atoms with Crippen LogP contribution in [0.5, 0.6) is 0 Å². The molecule has 0 aliphatic heterocycles. The van der Waals surface area contributed by atoms with Gasteiger partial charge in [-0.1, -0.05) is 23.3 Å². The van der Waals surface area contributed by atoms with E-state index in [0.717, 1.165) is 18.4 Å². The van der Waals surface area contributed by atoms with E-state index < -0.39 is 11.9 Å². The van der Waals surface area contributed by atoms with Crippen molar-refractivity contribution in [2.75, 3.05) is 6.54 Å². The average molecular weight is 225 g/mol. The predicted molar refractivity (Wildman–Crippen MR) is 63.1 cm³/mol. The van der Waals surface area contributed by atoms with Crippen molar-refractivity contribution in [3.05, 3.63) is 23.3 Å². The van der Waals surface area contributed by atoms with Gasteiger partial charge in [-0.3, -0.25) is 4.79 Å². The lowest BCUT2D eigenvalue weighted by Crippen LogP contribution is -2.30. The van der Waals surface area contributed by atoms with Crippen LogP contribution in [-0.4, -0.2) is 23.5 Å². The molecule has 0 aromatic heterocycles. The quantitative estimate of drug-likeness (QED) is 0.554. The Bertz CT molecular complexity index is 312. The van der Waals surface area contributed by atoms with E-state index >= 15 is 0 Å². The molecule has 4 heteroatoms. The van der Waals surface area contributed by atoms with E-state index in [9.17, 15) is 9.59 Å². The van der Waals surface area contributed by atoms with Crippen LogP contribution >= 0.6 is 0 Å². The van der Waals surface area contributed by atoms with Gasteiger partial charge in [-0.15, -0.1) is 0 Å². The van der Waals surface area contributed by atoms with Gasteiger partial charge in [0.2, 0.25) is 0 Å². The lowest BCUT2D eigenvalue weighted by Gasteiger charge is -2.00. The highest BCUT2D eigenvalue weighted by atomic mass is 16.4. The summed E-state index contributed by atoms with van der Waals surface area (Å²) < 4.78 is 0. The fourth-order valence-electron chi connectivity index (χ4n) is 1.08. The van der Waals surface area contributed by atoms with Crippen LogP contribution < -0.4 is 5.32 Å². The number of hydrogen-bond acceptors (Lipinski definition) is 2. The van der Waals surface area contributed by atoms with E-state index in [1.54, 1.807) is 0 Å². The third-order valence-corrected chi connectivity index (χ3v) is 2.00. The molecule has 0 aliphatic carbocycles. The Labute approximate surface area is 96.0 Å². The summed E-state index contributed by atoms with van der Waals surface area (Å²) in [6.45, 7) is 6.33. The number of carboxylic acids is 1. The lowest BCUT2D eigenvalue weighted by atomic mass is 10.1. The van der Waals surface area contributed by atoms with Crippen LogP contribution in [0.15, 0.2) is 23.3 Å². The van der Waals surface area contributed by atoms with E-state index in [2.05, 4.69) is 11.4 Å². The largest absolute Gasteiger partial charge is 0.474 e. The van der Waals surface area contributed by atoms with Crippen LogP contribution in [0.4, 0.5) is 0 Å². The molecule has 0 fully saturated rings. The van der Waals surface area contributed by atoms with Gasteiger partial charge in [-0.2, -0.15) is 0 Å². The molecule has 0 unspecified atom stereocenters. The molecular weight excluding hydrogens is 206 g/mol. The zero-order valence-corrected chi connectivity index (χ0v) is 10.0. The SMILES string of the molecule is CC(C)=CCC/C(C)=C/CNC(=O)C(=O)O. The number of carboxylic acid groups (broad SMARTS) is 1. The monoisotopic (exact) mass is 225 g/mol. The van der Waals surface area contributed by atoms with Crippen LogP contribution in [0.2, 0.25) is 0 Å². The number of carbonyl (C=O) groups is 2. The number of nitrogens with one attached hydrogen (secondary N) is 1. The molecule has 0 rings (SSSR count). The van der Waals surface area contributed by atoms with E-state index in [-0.39, 0.29) is 6.54 Å². The first-order valence-electron chi connectivity index (χ1n) is 5.23. The highest BCUT2D eigenvalue weighted by Gasteiger charge is 2.07. The minimum absolute atomic E-state index is 0.270. The Morgan fingerprint density at radius 2 is 1.81 bits per heavy atom. The van der Waals surface area contributed by atoms with Gasteiger partial charge < -0.3 is 10.4 Å². The van der Waals surface area contributed by atoms with Crippen molar-refractivity contribution in [1.82, 2.24) is 5.32 Å². The molecule has 16 heavy (non-hydrogen) atoms. The first-order chi connectivity index (χ1) is 7.43. The summed E-state index contributed by atoms with van der Waals surface area (Å²) in [7, 11) is 0. The van der Waals surface area contributed by atoms with Gasteiger partial charge in [0, 0.05) is 6.54 Å². The first kappa shape index (κ1) is 14.4. The zero-order chi connectivity index (χ0) is 12.6. The molecule has 0 saturated heterocycles. The van der Waals surface area contributed by atoms with Crippen molar-refractivity contribution in [3.63, 3.8) is 0 Å². The summed E-state index contributed by atoms with van der Waals surface area (Å²) in [6, 6.07) is 0. The lowest BCUT2D eigenvalue weighted by molar-refractivity contribution is -0.150. The summed E-state index contributed by atoms with van der Waals surface area (Å²) in [5.41, 5.74) is 2.43. The molecule has 4 nitrogen and oxygen atoms in total. The van der Waals surface area contributed by atoms with Crippen LogP contribution in [0, 0.1) is 0 Å². The maximum absolute atomic E-state index is 10.7. The fraction of sp³-hybridized carbons (Fsp3) is 0.500. The summed E-state index contributed by atoms with van der Waals surface area (Å²) in [5.74, 6) is -2.41. The second kappa shape index (κ2) is 7.68. The predicted octanol–water partition coefficient (Wildman–Crippen LogP) is 1.88. The van der Waals surface area contributed by atoms with Crippen LogP contribution in [0.3, 0.4) is 0 Å². The Morgan fingerprint density at radius 3 is 2.31 bits per heavy atom. The van der Waals surface area contributed by atoms with Crippen molar-refractivity contribution in [1.29, 1.82) is 0 Å². The number of allylic oxidation sites excluding steroid dienone is 3. The molecule has 90 valence electrons. The minimum atomic E-state index is -1.45. The topological polar surface area (TPSA) is 66.4 Å². The number of aliphatic carboxylic acids is 1. The number of carbonyl (C=O) groups excluding carboxylic acids is 1. The zero-order valence-electron chi connectivity index (χ0n) is 10.0. The molecule has 0 atom stereocenters. The standard InChI is InChI=1S/C12H19NO3/c1-9(2)5-4-6-10(3)7-8-13-11(14)12(15)16/h5,7H,4,6,8H2,1-3H3,(H,13,14)(H,15,16)/b10-7+. The van der Waals surface area contributed by atoms with Crippen LogP contribution in [0.25, 0.3) is 0 Å². The smallest absolute Gasteiger partial charge is 0.394 e. The Balaban J connectivity index is 3.83. The van der Waals surface area contributed by atoms with Gasteiger partial charge >= 0.3 is 11.9 Å². The summed E-state index contributed by atoms with van der Waals surface area (Å²) in [5, 5.41) is 10.6. The van der Waals surface area contributed by atoms with Crippen molar-refractivity contribution >= 4 is 11.9 Å². The van der Waals surface area contributed by atoms with Gasteiger partial charge in [0.05, 0.1) is 0 Å². The van der Waals surface area contributed by atoms with Crippen molar-refractivity contribution in [3.8, 4) is 0 Å². The molecule has 0 aromatic carbocycles. The summed E-state index contributed by atoms with van der Waals surface area (Å²) >= 11 is 0. The minimum Gasteiger partial charge on any atom is -0.474 e. The number of hydrogen-bond donors (Lipinski definition) is 2. The maximum atomic E-state index is 10.7. The van der Waals surface area contributed by atoms with Gasteiger partial charge in [-0.25, -0.2) is 4.79 Å². The van der Waals surface area contributed by atoms with Gasteiger partial charge in [0.25, 0.3) is 0 Å². The third kappa shape index (κ3) is 7.79. The van der Waals surface area contributed by atoms with E-state index in [1.165, 1.54) is 5.57 Å². The second-order valence-electron chi connectivity index (χ2n) is 3.89. The Hall–Kier alpha value is -1.58. The Kier molecular flexibility index (Phi) is 6.92. The third-order valence-electron chi connectivity index (χ3n) is 2.00. The Morgan fingerprint density at radius 1 is 1.19 bits per heavy atom. The molecule has 0 heterocycles. The molecule has 0 saturated carbocycles. The van der Waals surface area contributed by atoms with E-state index in [0.29, 0.717) is 0 Å². The van der Waals surface area contributed by atoms with Gasteiger partial charge in [0.1, 0.15) is 0 Å². The van der Waals surface area contributed by atoms with E-state index in [4.69, 9.17) is 5.11 Å². The van der Waals surface area contributed by atoms with E-state index in [1.807, 2.05) is 26.8 Å². The molecular formula is C12H19NO3. The molecule has 1 amide bonds. The number of rotatable bonds is 5. The van der Waals surface area contributed by atoms with Crippen LogP contribution in [-0.2, 0) is 9.59 Å². The van der Waals surface area contributed by atoms with Crippen molar-refractivity contribution in [2.45, 2.75) is 33.6 Å². The van der Waals surface area contributed by atoms with Gasteiger partial charge in [0.15, 0.2) is 0 Å². The highest BCUT2D eigenvalue weighted by molar-refractivity contribution is 6.31. The molecule has 0 aromatic rings. The highest BCUT2D eigenvalue weighted by Crippen LogP contribution is 2.05. The molecule has 0 spiro atoms. The molecule has 0 aliphatic rings. The normalized spacial score (nSPS) is 10.8. The maximum Gasteiger partial charge on any atom is 0.394 e. The van der Waals surface area contributed by atoms with Crippen LogP contribution in [0.1, 0.15) is 33.6 Å². The van der Waals surface area contributed by atoms with Gasteiger partial charge in [-0.05, 0) is 33.6 Å². The molecule has 0 radical (unpaired) electrons. The fourth-order valence-corrected chi connectivity index (χ4v) is 1.08. The second-order valence-corrected chi connectivity index (χ2v) is 3.89. The molecule has 0 bridgehead atoms. The van der Waals surface area contributed by atoms with Crippen molar-refractivity contribution < 1.29 is 14.7 Å². The summed E-state index contributed by atoms with van der Waals surface area (Å²) in [4.78, 5) is 20.9. The van der Waals surface area contributed by atoms with Crippen molar-refractivity contribution in [2.24, 2.45) is 0 Å². The average Bonchev–Trinajstić information content (AvgIpc) is 2.16. The first-order valence-corrected chi connectivity index (χ1v) is 5.23. The molecule has 2 N–H and O–H groups in total. The summed E-state index contributed by atoms with van der Waals surface area (Å²) in [6.07, 6.45) is 5.87. The number of amides is 1.